The highest BCUT2D eigenvalue weighted by atomic mass is 35.5. The van der Waals surface area contributed by atoms with Crippen molar-refractivity contribution in [2.45, 2.75) is 18.8 Å². The molecule has 2 aliphatic rings. The third kappa shape index (κ3) is 5.85. The monoisotopic (exact) mass is 531 g/mol. The molecule has 36 heavy (non-hydrogen) atoms. The summed E-state index contributed by atoms with van der Waals surface area (Å²) in [4.78, 5) is 13.3. The van der Waals surface area contributed by atoms with Gasteiger partial charge < -0.3 is 4.74 Å². The van der Waals surface area contributed by atoms with Gasteiger partial charge in [0.05, 0.1) is 16.7 Å². The second kappa shape index (κ2) is 9.79. The van der Waals surface area contributed by atoms with E-state index in [1.54, 1.807) is 6.08 Å². The molecule has 0 aromatic heterocycles. The Bertz CT molecular complexity index is 1290. The Kier molecular flexibility index (Phi) is 7.08. The van der Waals surface area contributed by atoms with Crippen molar-refractivity contribution in [3.05, 3.63) is 69.5 Å². The van der Waals surface area contributed by atoms with Crippen molar-refractivity contribution in [3.63, 3.8) is 0 Å². The van der Waals surface area contributed by atoms with Crippen molar-refractivity contribution in [3.8, 4) is 17.6 Å². The zero-order valence-corrected chi connectivity index (χ0v) is 19.1. The van der Waals surface area contributed by atoms with Crippen molar-refractivity contribution < 1.29 is 40.3 Å². The molecule has 2 aromatic rings. The van der Waals surface area contributed by atoms with Crippen LogP contribution in [0, 0.1) is 23.6 Å². The molecule has 4 rings (SSSR count). The van der Waals surface area contributed by atoms with Crippen LogP contribution < -0.4 is 4.74 Å². The van der Waals surface area contributed by atoms with Gasteiger partial charge in [0.1, 0.15) is 18.2 Å². The van der Waals surface area contributed by atoms with Crippen molar-refractivity contribution in [1.29, 1.82) is 0 Å². The summed E-state index contributed by atoms with van der Waals surface area (Å²) in [6, 6.07) is 3.52. The van der Waals surface area contributed by atoms with E-state index in [1.807, 2.05) is 4.90 Å². The Hall–Kier alpha value is -3.03. The number of fused-ring (bicyclic) bond motifs is 1. The van der Waals surface area contributed by atoms with Crippen LogP contribution in [0.4, 0.5) is 30.7 Å². The quantitative estimate of drug-likeness (QED) is 0.271. The number of hydrogen-bond acceptors (Lipinski definition) is 3. The van der Waals surface area contributed by atoms with Gasteiger partial charge in [0.25, 0.3) is 0 Å². The number of ether oxygens (including phenoxy) is 1. The van der Waals surface area contributed by atoms with E-state index in [0.717, 1.165) is 11.6 Å². The van der Waals surface area contributed by atoms with Crippen molar-refractivity contribution in [1.82, 2.24) is 4.90 Å². The summed E-state index contributed by atoms with van der Waals surface area (Å²) in [6.45, 7) is 1.74. The molecule has 2 aromatic carbocycles. The second-order valence-electron chi connectivity index (χ2n) is 8.49. The third-order valence-corrected chi connectivity index (χ3v) is 6.18. The van der Waals surface area contributed by atoms with Gasteiger partial charge in [0, 0.05) is 30.1 Å². The summed E-state index contributed by atoms with van der Waals surface area (Å²) in [5.74, 6) is 3.76. The normalized spacial score (nSPS) is 18.1. The molecular weight excluding hydrogens is 515 g/mol. The Labute approximate surface area is 206 Å². The predicted molar refractivity (Wildman–Crippen MR) is 118 cm³/mol. The SMILES string of the molecule is O=C(Cl)C1CCN(CC2=Cc3c(F)cc(C#Cc4ccc(C(F)(F)F)cc4C(F)(F)F)cc3OC2)C1. The van der Waals surface area contributed by atoms with E-state index in [2.05, 4.69) is 11.8 Å². The van der Waals surface area contributed by atoms with Crippen molar-refractivity contribution in [2.75, 3.05) is 26.2 Å². The highest BCUT2D eigenvalue weighted by molar-refractivity contribution is 6.64. The summed E-state index contributed by atoms with van der Waals surface area (Å²) in [7, 11) is 0. The van der Waals surface area contributed by atoms with E-state index in [-0.39, 0.29) is 35.5 Å². The number of carbonyl (C=O) groups excluding carboxylic acids is 1. The molecule has 0 N–H and O–H groups in total. The van der Waals surface area contributed by atoms with Crippen LogP contribution in [0.3, 0.4) is 0 Å². The average molecular weight is 532 g/mol. The highest BCUT2D eigenvalue weighted by Gasteiger charge is 2.38. The van der Waals surface area contributed by atoms with Gasteiger partial charge >= 0.3 is 12.4 Å². The first-order valence-electron chi connectivity index (χ1n) is 10.7. The molecule has 190 valence electrons. The van der Waals surface area contributed by atoms with E-state index < -0.39 is 40.1 Å². The maximum Gasteiger partial charge on any atom is 0.417 e. The minimum atomic E-state index is -5.07. The van der Waals surface area contributed by atoms with Crippen LogP contribution >= 0.6 is 11.6 Å². The first-order valence-corrected chi connectivity index (χ1v) is 11.1. The Balaban J connectivity index is 1.57. The molecule has 11 heteroatoms. The van der Waals surface area contributed by atoms with Crippen LogP contribution in [0.5, 0.6) is 5.75 Å². The fraction of sp³-hybridized carbons (Fsp3) is 0.320. The van der Waals surface area contributed by atoms with Gasteiger partial charge in [-0.25, -0.2) is 4.39 Å². The molecule has 1 fully saturated rings. The van der Waals surface area contributed by atoms with Gasteiger partial charge in [-0.2, -0.15) is 26.3 Å². The van der Waals surface area contributed by atoms with Gasteiger partial charge in [-0.15, -0.1) is 0 Å². The summed E-state index contributed by atoms with van der Waals surface area (Å²) < 4.78 is 98.9. The van der Waals surface area contributed by atoms with Gasteiger partial charge in [-0.1, -0.05) is 11.8 Å². The Morgan fingerprint density at radius 2 is 1.83 bits per heavy atom. The Morgan fingerprint density at radius 1 is 1.08 bits per heavy atom. The molecule has 1 saturated heterocycles. The van der Waals surface area contributed by atoms with E-state index >= 15 is 0 Å². The molecule has 0 spiro atoms. The molecule has 3 nitrogen and oxygen atoms in total. The van der Waals surface area contributed by atoms with Crippen LogP contribution in [0.15, 0.2) is 35.9 Å². The lowest BCUT2D eigenvalue weighted by Gasteiger charge is -2.23. The van der Waals surface area contributed by atoms with Gasteiger partial charge in [0.15, 0.2) is 0 Å². The van der Waals surface area contributed by atoms with E-state index in [0.29, 0.717) is 38.2 Å². The van der Waals surface area contributed by atoms with Crippen LogP contribution in [-0.4, -0.2) is 36.4 Å². The van der Waals surface area contributed by atoms with Crippen LogP contribution in [0.1, 0.15) is 34.2 Å². The number of nitrogens with zero attached hydrogens (tertiary/aromatic N) is 1. The molecule has 0 amide bonds. The highest BCUT2D eigenvalue weighted by Crippen LogP contribution is 2.37. The van der Waals surface area contributed by atoms with E-state index in [1.165, 1.54) is 6.07 Å². The molecule has 0 bridgehead atoms. The lowest BCUT2D eigenvalue weighted by molar-refractivity contribution is -0.143. The Morgan fingerprint density at radius 3 is 2.47 bits per heavy atom. The number of carbonyl (C=O) groups is 1. The fourth-order valence-electron chi connectivity index (χ4n) is 4.08. The van der Waals surface area contributed by atoms with Crippen LogP contribution in [0.25, 0.3) is 6.08 Å². The topological polar surface area (TPSA) is 29.5 Å². The first-order chi connectivity index (χ1) is 16.8. The molecule has 1 unspecified atom stereocenters. The molecule has 0 radical (unpaired) electrons. The standard InChI is InChI=1S/C25H17ClF7NO2/c26-23(35)17-5-6-34(12-17)11-15-7-19-21(27)8-14(9-22(19)36-13-15)1-2-16-3-4-18(24(28,29)30)10-20(16)25(31,32)33/h3-4,7-10,17H,5-6,11-13H2. The molecule has 2 aliphatic heterocycles. The second-order valence-corrected chi connectivity index (χ2v) is 8.86. The van der Waals surface area contributed by atoms with Crippen LogP contribution in [-0.2, 0) is 17.1 Å². The molecule has 1 atom stereocenters. The summed E-state index contributed by atoms with van der Waals surface area (Å²) in [5.41, 5.74) is -2.74. The lowest BCUT2D eigenvalue weighted by atomic mass is 10.0. The number of hydrogen-bond donors (Lipinski definition) is 0. The van der Waals surface area contributed by atoms with Crippen molar-refractivity contribution >= 4 is 22.9 Å². The number of halogens is 8. The summed E-state index contributed by atoms with van der Waals surface area (Å²) >= 11 is 5.55. The third-order valence-electron chi connectivity index (χ3n) is 5.87. The minimum Gasteiger partial charge on any atom is -0.488 e. The minimum absolute atomic E-state index is 0.000804. The van der Waals surface area contributed by atoms with Gasteiger partial charge in [-0.05, 0) is 66.5 Å². The molecule has 0 saturated carbocycles. The predicted octanol–water partition coefficient (Wildman–Crippen LogP) is 6.13. The smallest absolute Gasteiger partial charge is 0.417 e. The maximum atomic E-state index is 14.8. The van der Waals surface area contributed by atoms with Gasteiger partial charge in [-0.3, -0.25) is 9.69 Å². The van der Waals surface area contributed by atoms with Crippen LogP contribution in [0.2, 0.25) is 0 Å². The zero-order chi connectivity index (χ0) is 26.3. The van der Waals surface area contributed by atoms with Crippen molar-refractivity contribution in [2.24, 2.45) is 5.92 Å². The zero-order valence-electron chi connectivity index (χ0n) is 18.4. The average Bonchev–Trinajstić information content (AvgIpc) is 3.25. The lowest BCUT2D eigenvalue weighted by Crippen LogP contribution is -2.27. The number of likely N-dealkylation sites (tertiary alicyclic amines) is 1. The maximum absolute atomic E-state index is 14.8. The number of alkyl halides is 6. The van der Waals surface area contributed by atoms with Gasteiger partial charge in [0.2, 0.25) is 5.24 Å². The molecule has 2 heterocycles. The van der Waals surface area contributed by atoms with E-state index in [9.17, 15) is 35.5 Å². The molecule has 0 aliphatic carbocycles. The summed E-state index contributed by atoms with van der Waals surface area (Å²) in [5, 5.41) is -0.393. The largest absolute Gasteiger partial charge is 0.488 e. The first kappa shape index (κ1) is 26.0. The number of benzene rings is 2. The van der Waals surface area contributed by atoms with E-state index in [4.69, 9.17) is 16.3 Å². The number of rotatable bonds is 3. The molecular formula is C25H17ClF7NO2. The summed E-state index contributed by atoms with van der Waals surface area (Å²) in [6.07, 6.45) is -7.77. The fourth-order valence-corrected chi connectivity index (χ4v) is 4.26.